The number of ether oxygens (including phenoxy) is 3. The number of aliphatic hydroxyl groups excluding tert-OH is 4. The van der Waals surface area contributed by atoms with Crippen molar-refractivity contribution in [3.8, 4) is 0 Å². The van der Waals surface area contributed by atoms with Gasteiger partial charge in [-0.15, -0.1) is 0 Å². The predicted molar refractivity (Wildman–Crippen MR) is 259 cm³/mol. The Morgan fingerprint density at radius 1 is 0.529 bits per heavy atom. The van der Waals surface area contributed by atoms with Crippen molar-refractivity contribution < 1.29 is 81.6 Å². The zero-order valence-electron chi connectivity index (χ0n) is 40.7. The fourth-order valence-corrected chi connectivity index (χ4v) is 9.24. The van der Waals surface area contributed by atoms with Crippen molar-refractivity contribution in [2.75, 3.05) is 13.2 Å². The van der Waals surface area contributed by atoms with Crippen LogP contribution in [0.4, 0.5) is 0 Å². The van der Waals surface area contributed by atoms with Gasteiger partial charge in [0.2, 0.25) is 0 Å². The normalized spacial score (nSPS) is 24.6. The summed E-state index contributed by atoms with van der Waals surface area (Å²) < 4.78 is 55.2. The molecule has 0 aromatic rings. The van der Waals surface area contributed by atoms with Gasteiger partial charge in [0.1, 0.15) is 43.2 Å². The summed E-state index contributed by atoms with van der Waals surface area (Å²) in [5, 5.41) is 41.3. The van der Waals surface area contributed by atoms with E-state index in [1.165, 1.54) is 57.8 Å². The SMILES string of the molecule is CCCCC/C=C\CC1OC1C/C=C\C/C=C\CCCC(=O)O[C@H](COC(=O)CCCCCCCCC/C=C\CCCCCCCC)COP(=O)(O)O[C@H]1C(O)C(O)C(O)[C@@H](OP(=O)(O)O)C1O. The molecule has 2 rings (SSSR count). The first kappa shape index (κ1) is 62.0. The van der Waals surface area contributed by atoms with Crippen LogP contribution in [0.5, 0.6) is 0 Å². The van der Waals surface area contributed by atoms with Crippen LogP contribution in [0.25, 0.3) is 0 Å². The van der Waals surface area contributed by atoms with Crippen LogP contribution in [0.1, 0.15) is 181 Å². The molecule has 1 aliphatic heterocycles. The average molecular weight is 1010 g/mol. The lowest BCUT2D eigenvalue weighted by Gasteiger charge is -2.43. The number of esters is 2. The minimum Gasteiger partial charge on any atom is -0.462 e. The van der Waals surface area contributed by atoms with E-state index in [0.717, 1.165) is 77.0 Å². The zero-order chi connectivity index (χ0) is 50.0. The topological polar surface area (TPSA) is 269 Å². The van der Waals surface area contributed by atoms with Crippen molar-refractivity contribution in [1.82, 2.24) is 0 Å². The number of allylic oxidation sites excluding steroid dienone is 6. The van der Waals surface area contributed by atoms with Crippen LogP contribution in [0.3, 0.4) is 0 Å². The van der Waals surface area contributed by atoms with Crippen molar-refractivity contribution >= 4 is 27.6 Å². The third-order valence-electron chi connectivity index (χ3n) is 11.8. The molecule has 1 aliphatic carbocycles. The number of hydrogen-bond acceptors (Lipinski definition) is 14. The predicted octanol–water partition coefficient (Wildman–Crippen LogP) is 9.05. The molecular formula is C49H86O17P2. The molecule has 0 aromatic carbocycles. The van der Waals surface area contributed by atoms with Crippen LogP contribution in [0.2, 0.25) is 0 Å². The third-order valence-corrected chi connectivity index (χ3v) is 13.3. The highest BCUT2D eigenvalue weighted by Crippen LogP contribution is 2.49. The molecule has 2 fully saturated rings. The fourth-order valence-electron chi connectivity index (χ4n) is 7.70. The van der Waals surface area contributed by atoms with Crippen LogP contribution < -0.4 is 0 Å². The number of hydrogen-bond donors (Lipinski definition) is 7. The molecule has 19 heteroatoms. The van der Waals surface area contributed by atoms with Gasteiger partial charge < -0.3 is 49.3 Å². The van der Waals surface area contributed by atoms with E-state index in [9.17, 15) is 53.8 Å². The Labute approximate surface area is 405 Å². The van der Waals surface area contributed by atoms with Crippen LogP contribution in [0.15, 0.2) is 48.6 Å². The monoisotopic (exact) mass is 1010 g/mol. The number of aliphatic hydroxyl groups is 4. The zero-order valence-corrected chi connectivity index (χ0v) is 42.5. The minimum absolute atomic E-state index is 0.0387. The van der Waals surface area contributed by atoms with Gasteiger partial charge in [0.15, 0.2) is 6.10 Å². The van der Waals surface area contributed by atoms with E-state index in [2.05, 4.69) is 54.8 Å². The first-order valence-corrected chi connectivity index (χ1v) is 28.3. The summed E-state index contributed by atoms with van der Waals surface area (Å²) in [5.41, 5.74) is 0. The number of phosphoric ester groups is 2. The summed E-state index contributed by atoms with van der Waals surface area (Å²) in [7, 11) is -10.7. The highest BCUT2D eigenvalue weighted by atomic mass is 31.2. The van der Waals surface area contributed by atoms with Crippen LogP contribution >= 0.6 is 15.6 Å². The molecule has 1 heterocycles. The van der Waals surface area contributed by atoms with Crippen LogP contribution in [-0.4, -0.2) is 115 Å². The Morgan fingerprint density at radius 2 is 0.985 bits per heavy atom. The molecule has 0 spiro atoms. The molecule has 68 heavy (non-hydrogen) atoms. The lowest BCUT2D eigenvalue weighted by atomic mass is 9.85. The largest absolute Gasteiger partial charge is 0.472 e. The first-order chi connectivity index (χ1) is 32.6. The minimum atomic E-state index is -5.37. The van der Waals surface area contributed by atoms with Crippen molar-refractivity contribution in [3.63, 3.8) is 0 Å². The van der Waals surface area contributed by atoms with Gasteiger partial charge >= 0.3 is 27.6 Å². The van der Waals surface area contributed by atoms with Crippen molar-refractivity contribution in [2.24, 2.45) is 0 Å². The van der Waals surface area contributed by atoms with Crippen molar-refractivity contribution in [2.45, 2.75) is 236 Å². The van der Waals surface area contributed by atoms with Gasteiger partial charge in [-0.1, -0.05) is 140 Å². The quantitative estimate of drug-likeness (QED) is 0.00989. The molecule has 1 saturated heterocycles. The molecule has 394 valence electrons. The van der Waals surface area contributed by atoms with E-state index < -0.39 is 83.5 Å². The lowest BCUT2D eigenvalue weighted by Crippen LogP contribution is -2.64. The smallest absolute Gasteiger partial charge is 0.462 e. The second-order valence-corrected chi connectivity index (χ2v) is 20.5. The summed E-state index contributed by atoms with van der Waals surface area (Å²) in [4.78, 5) is 54.4. The van der Waals surface area contributed by atoms with E-state index in [0.29, 0.717) is 19.3 Å². The van der Waals surface area contributed by atoms with Crippen molar-refractivity contribution in [1.29, 1.82) is 0 Å². The van der Waals surface area contributed by atoms with Crippen molar-refractivity contribution in [3.05, 3.63) is 48.6 Å². The van der Waals surface area contributed by atoms with E-state index in [1.807, 2.05) is 12.2 Å². The Balaban J connectivity index is 1.79. The second-order valence-electron chi connectivity index (χ2n) is 17.9. The number of epoxide rings is 1. The molecule has 0 bridgehead atoms. The van der Waals surface area contributed by atoms with Gasteiger partial charge in [-0.3, -0.25) is 23.2 Å². The number of rotatable bonds is 41. The Kier molecular flexibility index (Phi) is 33.6. The molecule has 0 amide bonds. The summed E-state index contributed by atoms with van der Waals surface area (Å²) in [5.74, 6) is -1.28. The van der Waals surface area contributed by atoms with Gasteiger partial charge in [0.25, 0.3) is 0 Å². The molecule has 7 unspecified atom stereocenters. The van der Waals surface area contributed by atoms with E-state index in [1.54, 1.807) is 0 Å². The maximum Gasteiger partial charge on any atom is 0.472 e. The highest BCUT2D eigenvalue weighted by Gasteiger charge is 2.54. The Hall–Kier alpha value is -2.08. The number of unbranched alkanes of at least 4 members (excludes halogenated alkanes) is 17. The standard InChI is InChI=1S/C49H86O17P2/c1-3-5-7-9-11-12-13-14-15-16-17-18-19-20-23-27-31-35-42(50)61-37-39(38-62-68(59,60)66-49-46(54)44(52)45(53)48(47(49)55)65-67(56,57)58)63-43(51)36-32-28-24-21-22-26-30-34-41-40(64-41)33-29-25-10-8-6-4-2/h14-15,21,24-26,29-30,39-41,44-49,52-55H,3-13,16-20,22-23,27-28,31-38H2,1-2H3,(H,59,60)(H2,56,57,58)/b15-14-,24-21-,29-25-,30-26-/t39-,40?,41?,44?,45?,46?,47?,48-,49+/m1/s1. The number of phosphoric acid groups is 2. The van der Waals surface area contributed by atoms with Gasteiger partial charge in [-0.05, 0) is 77.0 Å². The van der Waals surface area contributed by atoms with Gasteiger partial charge in [0, 0.05) is 12.8 Å². The summed E-state index contributed by atoms with van der Waals surface area (Å²) in [6.07, 6.45) is 28.1. The molecule has 10 atom stereocenters. The van der Waals surface area contributed by atoms with Gasteiger partial charge in [-0.2, -0.15) is 0 Å². The lowest BCUT2D eigenvalue weighted by molar-refractivity contribution is -0.216. The number of carbonyl (C=O) groups is 2. The molecule has 0 radical (unpaired) electrons. The molecular weight excluding hydrogens is 922 g/mol. The molecule has 17 nitrogen and oxygen atoms in total. The third kappa shape index (κ3) is 29.9. The Morgan fingerprint density at radius 3 is 1.59 bits per heavy atom. The molecule has 1 saturated carbocycles. The van der Waals surface area contributed by atoms with Gasteiger partial charge in [-0.25, -0.2) is 9.13 Å². The average Bonchev–Trinajstić information content (AvgIpc) is 4.05. The summed E-state index contributed by atoms with van der Waals surface area (Å²) in [6.45, 7) is 3.03. The Bertz CT molecular complexity index is 1570. The second kappa shape index (κ2) is 36.8. The maximum atomic E-state index is 13.0. The molecule has 7 N–H and O–H groups in total. The highest BCUT2D eigenvalue weighted by molar-refractivity contribution is 7.47. The van der Waals surface area contributed by atoms with Gasteiger partial charge in [0.05, 0.1) is 18.8 Å². The number of carbonyl (C=O) groups excluding carboxylic acids is 2. The fraction of sp³-hybridized carbons (Fsp3) is 0.796. The maximum absolute atomic E-state index is 13.0. The molecule has 0 aromatic heterocycles. The summed E-state index contributed by atoms with van der Waals surface area (Å²) >= 11 is 0. The van der Waals surface area contributed by atoms with E-state index in [-0.39, 0.29) is 25.0 Å². The van der Waals surface area contributed by atoms with Crippen LogP contribution in [0, 0.1) is 0 Å². The first-order valence-electron chi connectivity index (χ1n) is 25.3. The van der Waals surface area contributed by atoms with E-state index >= 15 is 0 Å². The molecule has 2 aliphatic rings. The summed E-state index contributed by atoms with van der Waals surface area (Å²) in [6, 6.07) is 0. The van der Waals surface area contributed by atoms with E-state index in [4.69, 9.17) is 23.3 Å². The van der Waals surface area contributed by atoms with Crippen LogP contribution in [-0.2, 0) is 46.5 Å².